The van der Waals surface area contributed by atoms with Gasteiger partial charge in [-0.2, -0.15) is 0 Å². The van der Waals surface area contributed by atoms with Crippen molar-refractivity contribution in [3.05, 3.63) is 65.7 Å². The Kier molecular flexibility index (Phi) is 8.78. The summed E-state index contributed by atoms with van der Waals surface area (Å²) >= 11 is 0. The van der Waals surface area contributed by atoms with Gasteiger partial charge in [0.15, 0.2) is 0 Å². The van der Waals surface area contributed by atoms with E-state index in [0.29, 0.717) is 63.8 Å². The molecule has 0 saturated carbocycles. The van der Waals surface area contributed by atoms with Gasteiger partial charge in [0.05, 0.1) is 32.1 Å². The molecule has 3 aromatic rings. The van der Waals surface area contributed by atoms with E-state index in [9.17, 15) is 14.4 Å². The van der Waals surface area contributed by atoms with Crippen molar-refractivity contribution in [3.63, 3.8) is 0 Å². The van der Waals surface area contributed by atoms with E-state index in [1.54, 1.807) is 7.11 Å². The molecule has 11 heteroatoms. The van der Waals surface area contributed by atoms with Crippen LogP contribution >= 0.6 is 0 Å². The summed E-state index contributed by atoms with van der Waals surface area (Å²) < 4.78 is 11.0. The number of morpholine rings is 1. The van der Waals surface area contributed by atoms with Gasteiger partial charge in [-0.15, -0.1) is 0 Å². The van der Waals surface area contributed by atoms with Crippen molar-refractivity contribution in [1.82, 2.24) is 19.6 Å². The number of amides is 4. The number of hydrogen-bond acceptors (Lipinski definition) is 8. The molecule has 4 amide bonds. The molecular formula is C37H46N6O5. The molecule has 4 saturated heterocycles. The Morgan fingerprint density at radius 2 is 1.79 bits per heavy atom. The molecule has 254 valence electrons. The number of anilines is 2. The molecule has 3 aromatic carbocycles. The highest BCUT2D eigenvalue weighted by Gasteiger charge is 2.70. The summed E-state index contributed by atoms with van der Waals surface area (Å²) in [6.45, 7) is 7.51. The molecule has 4 aliphatic rings. The first-order valence-electron chi connectivity index (χ1n) is 17.1. The second-order valence-electron chi connectivity index (χ2n) is 13.7. The average Bonchev–Trinajstić information content (AvgIpc) is 3.67. The molecule has 1 spiro atoms. The quantitative estimate of drug-likeness (QED) is 0.326. The second kappa shape index (κ2) is 13.0. The summed E-state index contributed by atoms with van der Waals surface area (Å²) in [6.07, 6.45) is 1.09. The van der Waals surface area contributed by atoms with E-state index in [4.69, 9.17) is 9.47 Å². The largest absolute Gasteiger partial charge is 0.495 e. The number of fused-ring (bicyclic) bond motifs is 1. The van der Waals surface area contributed by atoms with Gasteiger partial charge < -0.3 is 24.6 Å². The zero-order valence-corrected chi connectivity index (χ0v) is 28.4. The predicted octanol–water partition coefficient (Wildman–Crippen LogP) is 4.17. The van der Waals surface area contributed by atoms with E-state index in [1.165, 1.54) is 4.90 Å². The van der Waals surface area contributed by atoms with Crippen LogP contribution in [0.3, 0.4) is 0 Å². The Morgan fingerprint density at radius 1 is 1.02 bits per heavy atom. The fourth-order valence-electron chi connectivity index (χ4n) is 8.38. The maximum Gasteiger partial charge on any atom is 0.328 e. The van der Waals surface area contributed by atoms with E-state index >= 15 is 0 Å². The third-order valence-corrected chi connectivity index (χ3v) is 10.7. The van der Waals surface area contributed by atoms with Crippen LogP contribution in [0.5, 0.6) is 5.75 Å². The summed E-state index contributed by atoms with van der Waals surface area (Å²) in [7, 11) is 5.68. The van der Waals surface area contributed by atoms with Crippen LogP contribution in [0.2, 0.25) is 0 Å². The maximum atomic E-state index is 14.7. The zero-order valence-electron chi connectivity index (χ0n) is 28.4. The minimum atomic E-state index is -0.931. The molecule has 1 N–H and O–H groups in total. The highest BCUT2D eigenvalue weighted by atomic mass is 16.5. The third kappa shape index (κ3) is 5.47. The fraction of sp³-hybridized carbons (Fsp3) is 0.486. The lowest BCUT2D eigenvalue weighted by Crippen LogP contribution is -2.51. The van der Waals surface area contributed by atoms with Gasteiger partial charge in [0.25, 0.3) is 5.91 Å². The molecule has 3 atom stereocenters. The molecule has 1 unspecified atom stereocenters. The number of urea groups is 1. The number of rotatable bonds is 10. The molecular weight excluding hydrogens is 608 g/mol. The number of nitrogens with zero attached hydrogens (tertiary/aromatic N) is 5. The lowest BCUT2D eigenvalue weighted by molar-refractivity contribution is -0.133. The number of methoxy groups -OCH3 is 1. The molecule has 4 aliphatic heterocycles. The maximum absolute atomic E-state index is 14.7. The molecule has 11 nitrogen and oxygen atoms in total. The van der Waals surface area contributed by atoms with Crippen LogP contribution in [0.15, 0.2) is 54.6 Å². The molecule has 0 aliphatic carbocycles. The van der Waals surface area contributed by atoms with Crippen molar-refractivity contribution in [2.75, 3.05) is 83.9 Å². The van der Waals surface area contributed by atoms with Crippen LogP contribution in [-0.2, 0) is 20.9 Å². The highest BCUT2D eigenvalue weighted by molar-refractivity contribution is 6.09. The van der Waals surface area contributed by atoms with Gasteiger partial charge >= 0.3 is 6.03 Å². The number of hydrogen-bond donors (Lipinski definition) is 1. The summed E-state index contributed by atoms with van der Waals surface area (Å²) in [5, 5.41) is 5.21. The number of likely N-dealkylation sites (tertiary alicyclic amines) is 1. The van der Waals surface area contributed by atoms with Crippen LogP contribution in [0.4, 0.5) is 16.2 Å². The summed E-state index contributed by atoms with van der Waals surface area (Å²) in [6, 6.07) is 18.1. The standard InChI is InChI=1S/C37H46N6O5/c1-5-34(44)38-30-20-25(10-13-33(30)47-4)22-41-23-26-21-32(29-11-12-31(39(2)3)28-9-7-6-8-27(28)29)43-36(46)42(35(45)37(26,43)24-41)15-14-40-16-18-48-19-17-40/h6-13,20,26,32H,5,14-19,21-24H2,1-4H3,(H,38,44)/t26-,32?,37-/m1/s1. The van der Waals surface area contributed by atoms with E-state index in [0.717, 1.165) is 47.1 Å². The van der Waals surface area contributed by atoms with Gasteiger partial charge in [0, 0.05) is 83.3 Å². The van der Waals surface area contributed by atoms with Gasteiger partial charge in [0.1, 0.15) is 11.3 Å². The number of carbonyl (C=O) groups is 3. The molecule has 7 rings (SSSR count). The smallest absolute Gasteiger partial charge is 0.328 e. The Morgan fingerprint density at radius 3 is 2.52 bits per heavy atom. The van der Waals surface area contributed by atoms with Crippen molar-refractivity contribution in [2.45, 2.75) is 37.9 Å². The molecule has 0 aromatic heterocycles. The first kappa shape index (κ1) is 32.4. The van der Waals surface area contributed by atoms with Crippen molar-refractivity contribution >= 4 is 40.0 Å². The minimum absolute atomic E-state index is 0.0165. The Bertz CT molecular complexity index is 1720. The van der Waals surface area contributed by atoms with Crippen molar-refractivity contribution in [3.8, 4) is 5.75 Å². The zero-order chi connectivity index (χ0) is 33.6. The topological polar surface area (TPSA) is 97.9 Å². The average molecular weight is 655 g/mol. The fourth-order valence-corrected chi connectivity index (χ4v) is 8.38. The number of nitrogens with one attached hydrogen (secondary N) is 1. The number of imide groups is 1. The Labute approximate surface area is 282 Å². The predicted molar refractivity (Wildman–Crippen MR) is 185 cm³/mol. The summed E-state index contributed by atoms with van der Waals surface area (Å²) in [5.74, 6) is 0.430. The number of benzene rings is 3. The highest BCUT2D eigenvalue weighted by Crippen LogP contribution is 2.56. The van der Waals surface area contributed by atoms with E-state index in [1.807, 2.05) is 44.1 Å². The van der Waals surface area contributed by atoms with Gasteiger partial charge in [-0.25, -0.2) is 4.79 Å². The van der Waals surface area contributed by atoms with Crippen molar-refractivity contribution < 1.29 is 23.9 Å². The van der Waals surface area contributed by atoms with Crippen LogP contribution in [0.25, 0.3) is 10.8 Å². The molecule has 48 heavy (non-hydrogen) atoms. The number of ether oxygens (including phenoxy) is 2. The van der Waals surface area contributed by atoms with Crippen molar-refractivity contribution in [2.24, 2.45) is 5.92 Å². The van der Waals surface area contributed by atoms with Crippen molar-refractivity contribution in [1.29, 1.82) is 0 Å². The van der Waals surface area contributed by atoms with Crippen LogP contribution in [-0.4, -0.2) is 117 Å². The van der Waals surface area contributed by atoms with E-state index < -0.39 is 5.54 Å². The number of carbonyl (C=O) groups excluding carboxylic acids is 3. The SMILES string of the molecule is CCC(=O)Nc1cc(CN2C[C@H]3CC(c4ccc(N(C)C)c5ccccc45)N4C(=O)N(CCN5CCOCC5)C(=O)[C@@]34C2)ccc1OC. The van der Waals surface area contributed by atoms with Crippen LogP contribution in [0, 0.1) is 5.92 Å². The second-order valence-corrected chi connectivity index (χ2v) is 13.7. The lowest BCUT2D eigenvalue weighted by atomic mass is 9.87. The monoisotopic (exact) mass is 654 g/mol. The van der Waals surface area contributed by atoms with Crippen LogP contribution in [0.1, 0.15) is 36.9 Å². The van der Waals surface area contributed by atoms with Gasteiger partial charge in [-0.3, -0.25) is 24.3 Å². The van der Waals surface area contributed by atoms with Crippen LogP contribution < -0.4 is 15.0 Å². The summed E-state index contributed by atoms with van der Waals surface area (Å²) in [5.41, 5.74) is 2.93. The van der Waals surface area contributed by atoms with Gasteiger partial charge in [0.2, 0.25) is 5.91 Å². The Balaban J connectivity index is 1.22. The van der Waals surface area contributed by atoms with Gasteiger partial charge in [-0.05, 0) is 41.1 Å². The lowest BCUT2D eigenvalue weighted by Gasteiger charge is -2.33. The molecule has 4 heterocycles. The van der Waals surface area contributed by atoms with Gasteiger partial charge in [-0.1, -0.05) is 43.3 Å². The first-order valence-corrected chi connectivity index (χ1v) is 17.1. The first-order chi connectivity index (χ1) is 23.2. The molecule has 0 bridgehead atoms. The minimum Gasteiger partial charge on any atom is -0.495 e. The molecule has 0 radical (unpaired) electrons. The Hall–Kier alpha value is -4.19. The van der Waals surface area contributed by atoms with E-state index in [2.05, 4.69) is 56.4 Å². The normalized spacial score (nSPS) is 24.3. The summed E-state index contributed by atoms with van der Waals surface area (Å²) in [4.78, 5) is 51.6. The molecule has 4 fully saturated rings. The third-order valence-electron chi connectivity index (χ3n) is 10.7. The van der Waals surface area contributed by atoms with E-state index in [-0.39, 0.29) is 29.8 Å².